The monoisotopic (exact) mass is 459 g/mol. The van der Waals surface area contributed by atoms with E-state index in [0.717, 1.165) is 11.1 Å². The lowest BCUT2D eigenvalue weighted by Gasteiger charge is -2.31. The summed E-state index contributed by atoms with van der Waals surface area (Å²) in [6, 6.07) is 22.2. The summed E-state index contributed by atoms with van der Waals surface area (Å²) in [7, 11) is 0. The van der Waals surface area contributed by atoms with E-state index in [1.165, 1.54) is 0 Å². The van der Waals surface area contributed by atoms with Gasteiger partial charge in [0.2, 0.25) is 5.91 Å². The molecule has 3 N–H and O–H groups in total. The molecule has 3 aromatic rings. The summed E-state index contributed by atoms with van der Waals surface area (Å²) in [6.45, 7) is 4.17. The molecule has 0 saturated carbocycles. The van der Waals surface area contributed by atoms with Crippen molar-refractivity contribution in [3.8, 4) is 11.1 Å². The van der Waals surface area contributed by atoms with E-state index >= 15 is 0 Å². The average Bonchev–Trinajstić information content (AvgIpc) is 2.89. The molecule has 34 heavy (non-hydrogen) atoms. The Morgan fingerprint density at radius 3 is 2.29 bits per heavy atom. The minimum absolute atomic E-state index is 0.189. The molecule has 1 aliphatic heterocycles. The van der Waals surface area contributed by atoms with Gasteiger partial charge in [-0.25, -0.2) is 0 Å². The topological polar surface area (TPSA) is 90.9 Å². The van der Waals surface area contributed by atoms with E-state index in [2.05, 4.69) is 10.6 Å². The van der Waals surface area contributed by atoms with E-state index in [0.29, 0.717) is 48.8 Å². The largest absolute Gasteiger partial charge is 0.392 e. The maximum atomic E-state index is 12.9. The van der Waals surface area contributed by atoms with Crippen LogP contribution in [0.1, 0.15) is 22.8 Å². The number of hydrogen-bond acceptors (Lipinski definition) is 5. The predicted molar refractivity (Wildman–Crippen MR) is 133 cm³/mol. The second-order valence-corrected chi connectivity index (χ2v) is 8.24. The van der Waals surface area contributed by atoms with Crippen LogP contribution in [0.5, 0.6) is 0 Å². The van der Waals surface area contributed by atoms with Crippen LogP contribution < -0.4 is 10.6 Å². The molecule has 0 aromatic heterocycles. The SMILES string of the molecule is CC(C(=O)Nc1cc(C(=O)Nc2ccc(-c3ccccc3)cc2)ccc1CO)N1CCOCC1. The first-order valence-corrected chi connectivity index (χ1v) is 11.4. The van der Waals surface area contributed by atoms with Gasteiger partial charge in [-0.05, 0) is 42.3 Å². The summed E-state index contributed by atoms with van der Waals surface area (Å²) in [4.78, 5) is 27.8. The van der Waals surface area contributed by atoms with Gasteiger partial charge in [0.15, 0.2) is 0 Å². The number of carbonyl (C=O) groups is 2. The van der Waals surface area contributed by atoms with Crippen molar-refractivity contribution < 1.29 is 19.4 Å². The number of ether oxygens (including phenoxy) is 1. The molecule has 0 spiro atoms. The molecule has 176 valence electrons. The van der Waals surface area contributed by atoms with Gasteiger partial charge in [-0.3, -0.25) is 14.5 Å². The predicted octanol–water partition coefficient (Wildman–Crippen LogP) is 3.76. The Balaban J connectivity index is 1.45. The maximum absolute atomic E-state index is 12.9. The van der Waals surface area contributed by atoms with E-state index in [4.69, 9.17) is 4.74 Å². The minimum atomic E-state index is -0.351. The third-order valence-corrected chi connectivity index (χ3v) is 6.02. The van der Waals surface area contributed by atoms with Crippen LogP contribution in [0.3, 0.4) is 0 Å². The van der Waals surface area contributed by atoms with Crippen LogP contribution in [-0.4, -0.2) is 54.2 Å². The van der Waals surface area contributed by atoms with Crippen LogP contribution in [0.2, 0.25) is 0 Å². The molecule has 1 atom stereocenters. The van der Waals surface area contributed by atoms with Crippen molar-refractivity contribution in [1.29, 1.82) is 0 Å². The Labute approximate surface area is 199 Å². The Kier molecular flexibility index (Phi) is 7.69. The zero-order chi connectivity index (χ0) is 23.9. The summed E-state index contributed by atoms with van der Waals surface area (Å²) in [5.41, 5.74) is 4.20. The summed E-state index contributed by atoms with van der Waals surface area (Å²) in [6.07, 6.45) is 0. The highest BCUT2D eigenvalue weighted by Gasteiger charge is 2.24. The number of hydrogen-bond donors (Lipinski definition) is 3. The van der Waals surface area contributed by atoms with Crippen molar-refractivity contribution in [2.24, 2.45) is 0 Å². The van der Waals surface area contributed by atoms with Crippen molar-refractivity contribution in [1.82, 2.24) is 4.90 Å². The number of aliphatic hydroxyl groups excluding tert-OH is 1. The molecule has 1 aliphatic rings. The normalized spacial score (nSPS) is 14.9. The van der Waals surface area contributed by atoms with Crippen LogP contribution in [0.4, 0.5) is 11.4 Å². The highest BCUT2D eigenvalue weighted by molar-refractivity contribution is 6.06. The Bertz CT molecular complexity index is 1130. The summed E-state index contributed by atoms with van der Waals surface area (Å²) >= 11 is 0. The fourth-order valence-electron chi connectivity index (χ4n) is 3.92. The fourth-order valence-corrected chi connectivity index (χ4v) is 3.92. The molecule has 7 nitrogen and oxygen atoms in total. The van der Waals surface area contributed by atoms with Gasteiger partial charge in [0.05, 0.1) is 25.9 Å². The zero-order valence-electron chi connectivity index (χ0n) is 19.2. The average molecular weight is 460 g/mol. The summed E-state index contributed by atoms with van der Waals surface area (Å²) in [5.74, 6) is -0.487. The van der Waals surface area contributed by atoms with E-state index in [-0.39, 0.29) is 24.5 Å². The molecule has 4 rings (SSSR count). The lowest BCUT2D eigenvalue weighted by atomic mass is 10.1. The molecule has 1 saturated heterocycles. The van der Waals surface area contributed by atoms with Crippen molar-refractivity contribution in [2.45, 2.75) is 19.6 Å². The number of aliphatic hydroxyl groups is 1. The number of rotatable bonds is 7. The van der Waals surface area contributed by atoms with E-state index in [1.807, 2.05) is 66.4 Å². The van der Waals surface area contributed by atoms with Gasteiger partial charge >= 0.3 is 0 Å². The second kappa shape index (κ2) is 11.1. The zero-order valence-corrected chi connectivity index (χ0v) is 19.2. The third-order valence-electron chi connectivity index (χ3n) is 6.02. The lowest BCUT2D eigenvalue weighted by molar-refractivity contribution is -0.122. The number of morpholine rings is 1. The number of amides is 2. The molecule has 2 amide bonds. The van der Waals surface area contributed by atoms with Crippen molar-refractivity contribution >= 4 is 23.2 Å². The first kappa shape index (κ1) is 23.6. The van der Waals surface area contributed by atoms with E-state index in [1.54, 1.807) is 18.2 Å². The number of anilines is 2. The molecule has 7 heteroatoms. The highest BCUT2D eigenvalue weighted by atomic mass is 16.5. The van der Waals surface area contributed by atoms with Gasteiger partial charge in [0.1, 0.15) is 0 Å². The van der Waals surface area contributed by atoms with Gasteiger partial charge in [-0.1, -0.05) is 48.5 Å². The summed E-state index contributed by atoms with van der Waals surface area (Å²) < 4.78 is 5.35. The second-order valence-electron chi connectivity index (χ2n) is 8.24. The van der Waals surface area contributed by atoms with Crippen molar-refractivity contribution in [3.05, 3.63) is 83.9 Å². The fraction of sp³-hybridized carbons (Fsp3) is 0.259. The van der Waals surface area contributed by atoms with Gasteiger partial charge in [0.25, 0.3) is 5.91 Å². The maximum Gasteiger partial charge on any atom is 0.255 e. The molecule has 1 heterocycles. The van der Waals surface area contributed by atoms with Gasteiger partial charge in [0, 0.05) is 35.6 Å². The molecule has 1 fully saturated rings. The van der Waals surface area contributed by atoms with E-state index < -0.39 is 0 Å². The van der Waals surface area contributed by atoms with Gasteiger partial charge in [-0.15, -0.1) is 0 Å². The molecule has 3 aromatic carbocycles. The Hall–Kier alpha value is -3.52. The summed E-state index contributed by atoms with van der Waals surface area (Å²) in [5, 5.41) is 15.5. The standard InChI is InChI=1S/C27H29N3O4/c1-19(30-13-15-34-16-14-30)26(32)29-25-17-22(7-8-23(25)18-31)27(33)28-24-11-9-21(10-12-24)20-5-3-2-4-6-20/h2-12,17,19,31H,13-16,18H2,1H3,(H,28,33)(H,29,32). The molecule has 0 radical (unpaired) electrons. The molecular formula is C27H29N3O4. The van der Waals surface area contributed by atoms with Crippen molar-refractivity contribution in [3.63, 3.8) is 0 Å². The third kappa shape index (κ3) is 5.69. The first-order chi connectivity index (χ1) is 16.5. The van der Waals surface area contributed by atoms with Crippen molar-refractivity contribution in [2.75, 3.05) is 36.9 Å². The van der Waals surface area contributed by atoms with Crippen LogP contribution in [0, 0.1) is 0 Å². The van der Waals surface area contributed by atoms with Crippen LogP contribution in [0.15, 0.2) is 72.8 Å². The molecule has 0 aliphatic carbocycles. The Morgan fingerprint density at radius 2 is 1.62 bits per heavy atom. The quantitative estimate of drug-likeness (QED) is 0.501. The minimum Gasteiger partial charge on any atom is -0.392 e. The van der Waals surface area contributed by atoms with Crippen LogP contribution in [0.25, 0.3) is 11.1 Å². The number of benzene rings is 3. The lowest BCUT2D eigenvalue weighted by Crippen LogP contribution is -2.47. The van der Waals surface area contributed by atoms with Crippen LogP contribution in [-0.2, 0) is 16.1 Å². The number of nitrogens with one attached hydrogen (secondary N) is 2. The number of nitrogens with zero attached hydrogens (tertiary/aromatic N) is 1. The van der Waals surface area contributed by atoms with Crippen LogP contribution >= 0.6 is 0 Å². The first-order valence-electron chi connectivity index (χ1n) is 11.4. The molecular weight excluding hydrogens is 430 g/mol. The van der Waals surface area contributed by atoms with Gasteiger partial charge < -0.3 is 20.5 Å². The van der Waals surface area contributed by atoms with Gasteiger partial charge in [-0.2, -0.15) is 0 Å². The smallest absolute Gasteiger partial charge is 0.255 e. The molecule has 1 unspecified atom stereocenters. The number of carbonyl (C=O) groups excluding carboxylic acids is 2. The molecule has 0 bridgehead atoms. The Morgan fingerprint density at radius 1 is 0.941 bits per heavy atom. The van der Waals surface area contributed by atoms with E-state index in [9.17, 15) is 14.7 Å². The highest BCUT2D eigenvalue weighted by Crippen LogP contribution is 2.23.